The van der Waals surface area contributed by atoms with Gasteiger partial charge in [0.2, 0.25) is 0 Å². The molecule has 0 saturated heterocycles. The highest BCUT2D eigenvalue weighted by atomic mass is 31.0. The van der Waals surface area contributed by atoms with Crippen molar-refractivity contribution in [2.24, 2.45) is 0 Å². The Morgan fingerprint density at radius 1 is 1.56 bits per heavy atom. The Labute approximate surface area is 58.2 Å². The van der Waals surface area contributed by atoms with Gasteiger partial charge in [0.25, 0.3) is 0 Å². The standard InChI is InChI=1S/C6H13O2P/c1-6(2,3)8-5(7)4-9/h4,9H2,1-3H3. The monoisotopic (exact) mass is 148 g/mol. The van der Waals surface area contributed by atoms with Crippen LogP contribution < -0.4 is 0 Å². The maximum absolute atomic E-state index is 10.6. The van der Waals surface area contributed by atoms with Crippen molar-refractivity contribution in [1.29, 1.82) is 0 Å². The van der Waals surface area contributed by atoms with Crippen LogP contribution in [0.25, 0.3) is 0 Å². The largest absolute Gasteiger partial charge is 0.460 e. The molecule has 54 valence electrons. The topological polar surface area (TPSA) is 26.3 Å². The number of hydrogen-bond acceptors (Lipinski definition) is 2. The quantitative estimate of drug-likeness (QED) is 0.412. The van der Waals surface area contributed by atoms with E-state index in [2.05, 4.69) is 9.24 Å². The van der Waals surface area contributed by atoms with Crippen molar-refractivity contribution in [3.63, 3.8) is 0 Å². The van der Waals surface area contributed by atoms with Crippen molar-refractivity contribution in [2.45, 2.75) is 26.4 Å². The fourth-order valence-electron chi connectivity index (χ4n) is 0.383. The first-order chi connectivity index (χ1) is 3.95. The van der Waals surface area contributed by atoms with Crippen LogP contribution in [0.2, 0.25) is 0 Å². The molecule has 0 radical (unpaired) electrons. The molecule has 0 bridgehead atoms. The van der Waals surface area contributed by atoms with Crippen LogP contribution in [-0.2, 0) is 9.53 Å². The smallest absolute Gasteiger partial charge is 0.310 e. The highest BCUT2D eigenvalue weighted by Gasteiger charge is 2.13. The Morgan fingerprint density at radius 2 is 2.00 bits per heavy atom. The van der Waals surface area contributed by atoms with Crippen molar-refractivity contribution in [1.82, 2.24) is 0 Å². The number of rotatable bonds is 1. The highest BCUT2D eigenvalue weighted by molar-refractivity contribution is 7.18. The maximum Gasteiger partial charge on any atom is 0.310 e. The fraction of sp³-hybridized carbons (Fsp3) is 0.833. The summed E-state index contributed by atoms with van der Waals surface area (Å²) in [5.74, 6) is -0.174. The molecule has 0 amide bonds. The SMILES string of the molecule is CC(C)(C)OC(=O)CP. The van der Waals surface area contributed by atoms with E-state index >= 15 is 0 Å². The summed E-state index contributed by atoms with van der Waals surface area (Å²) in [5, 5.41) is 0. The molecule has 0 aromatic heterocycles. The van der Waals surface area contributed by atoms with E-state index in [0.717, 1.165) is 0 Å². The average Bonchev–Trinajstić information content (AvgIpc) is 1.62. The number of carbonyl (C=O) groups excluding carboxylic acids is 1. The molecule has 0 aromatic rings. The predicted octanol–water partition coefficient (Wildman–Crippen LogP) is 1.20. The molecular weight excluding hydrogens is 135 g/mol. The fourth-order valence-corrected chi connectivity index (χ4v) is 0.467. The van der Waals surface area contributed by atoms with E-state index in [-0.39, 0.29) is 11.6 Å². The Balaban J connectivity index is 3.60. The number of hydrogen-bond donors (Lipinski definition) is 0. The van der Waals surface area contributed by atoms with Gasteiger partial charge < -0.3 is 4.74 Å². The molecule has 0 heterocycles. The third-order valence-corrected chi connectivity index (χ3v) is 0.920. The highest BCUT2D eigenvalue weighted by Crippen LogP contribution is 2.07. The van der Waals surface area contributed by atoms with Crippen molar-refractivity contribution in [3.05, 3.63) is 0 Å². The lowest BCUT2D eigenvalue weighted by molar-refractivity contribution is -0.151. The van der Waals surface area contributed by atoms with Crippen LogP contribution in [0.4, 0.5) is 0 Å². The summed E-state index contributed by atoms with van der Waals surface area (Å²) < 4.78 is 4.93. The van der Waals surface area contributed by atoms with Crippen LogP contribution in [0.15, 0.2) is 0 Å². The van der Waals surface area contributed by atoms with Gasteiger partial charge in [-0.05, 0) is 20.8 Å². The Bertz CT molecular complexity index is 104. The number of ether oxygens (including phenoxy) is 1. The van der Waals surface area contributed by atoms with Crippen molar-refractivity contribution < 1.29 is 9.53 Å². The molecule has 2 nitrogen and oxygen atoms in total. The molecule has 0 aliphatic rings. The van der Waals surface area contributed by atoms with E-state index in [4.69, 9.17) is 4.74 Å². The van der Waals surface area contributed by atoms with Gasteiger partial charge in [0.15, 0.2) is 0 Å². The minimum atomic E-state index is -0.340. The zero-order chi connectivity index (χ0) is 7.49. The summed E-state index contributed by atoms with van der Waals surface area (Å²) in [4.78, 5) is 10.6. The van der Waals surface area contributed by atoms with E-state index in [1.807, 2.05) is 20.8 Å². The Hall–Kier alpha value is -0.100. The molecule has 0 fully saturated rings. The van der Waals surface area contributed by atoms with E-state index in [9.17, 15) is 4.79 Å². The zero-order valence-corrected chi connectivity index (χ0v) is 7.26. The Kier molecular flexibility index (Phi) is 3.13. The second-order valence-electron chi connectivity index (χ2n) is 2.79. The number of carbonyl (C=O) groups is 1. The second kappa shape index (κ2) is 3.17. The number of esters is 1. The minimum absolute atomic E-state index is 0.174. The van der Waals surface area contributed by atoms with E-state index in [1.54, 1.807) is 0 Å². The van der Waals surface area contributed by atoms with Crippen LogP contribution >= 0.6 is 9.24 Å². The van der Waals surface area contributed by atoms with Crippen LogP contribution in [-0.4, -0.2) is 17.7 Å². The molecule has 0 N–H and O–H groups in total. The first-order valence-electron chi connectivity index (χ1n) is 2.87. The Morgan fingerprint density at radius 3 is 2.11 bits per heavy atom. The van der Waals surface area contributed by atoms with E-state index in [1.165, 1.54) is 0 Å². The summed E-state index contributed by atoms with van der Waals surface area (Å²) in [6.45, 7) is 5.56. The molecule has 0 saturated carbocycles. The first-order valence-corrected chi connectivity index (χ1v) is 3.69. The van der Waals surface area contributed by atoms with Gasteiger partial charge in [0.05, 0.1) is 6.16 Å². The van der Waals surface area contributed by atoms with Gasteiger partial charge in [0, 0.05) is 0 Å². The van der Waals surface area contributed by atoms with Crippen molar-refractivity contribution in [2.75, 3.05) is 6.16 Å². The normalized spacial score (nSPS) is 11.1. The predicted molar refractivity (Wildman–Crippen MR) is 40.4 cm³/mol. The minimum Gasteiger partial charge on any atom is -0.460 e. The molecule has 9 heavy (non-hydrogen) atoms. The molecule has 0 spiro atoms. The van der Waals surface area contributed by atoms with Crippen LogP contribution in [0.1, 0.15) is 20.8 Å². The van der Waals surface area contributed by atoms with Gasteiger partial charge in [-0.25, -0.2) is 0 Å². The lowest BCUT2D eigenvalue weighted by atomic mass is 10.2. The van der Waals surface area contributed by atoms with Gasteiger partial charge in [-0.15, -0.1) is 9.24 Å². The van der Waals surface area contributed by atoms with Crippen LogP contribution in [0.3, 0.4) is 0 Å². The molecule has 0 aromatic carbocycles. The summed E-state index contributed by atoms with van der Waals surface area (Å²) in [6, 6.07) is 0. The van der Waals surface area contributed by atoms with E-state index < -0.39 is 0 Å². The summed E-state index contributed by atoms with van der Waals surface area (Å²) in [7, 11) is 2.32. The molecular formula is C6H13O2P. The van der Waals surface area contributed by atoms with Gasteiger partial charge >= 0.3 is 5.97 Å². The molecule has 1 atom stereocenters. The zero-order valence-electron chi connectivity index (χ0n) is 6.10. The molecule has 1 unspecified atom stereocenters. The lowest BCUT2D eigenvalue weighted by Crippen LogP contribution is -2.24. The molecule has 3 heteroatoms. The second-order valence-corrected chi connectivity index (χ2v) is 3.20. The van der Waals surface area contributed by atoms with Crippen molar-refractivity contribution >= 4 is 15.2 Å². The summed E-state index contributed by atoms with van der Waals surface area (Å²) >= 11 is 0. The third-order valence-electron chi connectivity index (χ3n) is 0.587. The summed E-state index contributed by atoms with van der Waals surface area (Å²) in [6.07, 6.45) is 0.372. The van der Waals surface area contributed by atoms with Gasteiger partial charge in [0.1, 0.15) is 5.60 Å². The first kappa shape index (κ1) is 8.90. The maximum atomic E-state index is 10.6. The molecule has 0 rings (SSSR count). The lowest BCUT2D eigenvalue weighted by Gasteiger charge is -2.18. The third kappa shape index (κ3) is 5.78. The van der Waals surface area contributed by atoms with Crippen LogP contribution in [0.5, 0.6) is 0 Å². The van der Waals surface area contributed by atoms with Gasteiger partial charge in [-0.1, -0.05) is 0 Å². The van der Waals surface area contributed by atoms with E-state index in [0.29, 0.717) is 6.16 Å². The van der Waals surface area contributed by atoms with Crippen molar-refractivity contribution in [3.8, 4) is 0 Å². The molecule has 0 aliphatic heterocycles. The van der Waals surface area contributed by atoms with Crippen LogP contribution in [0, 0.1) is 0 Å². The average molecular weight is 148 g/mol. The van der Waals surface area contributed by atoms with Gasteiger partial charge in [-0.2, -0.15) is 0 Å². The molecule has 0 aliphatic carbocycles. The summed E-state index contributed by atoms with van der Waals surface area (Å²) in [5.41, 5.74) is -0.340. The van der Waals surface area contributed by atoms with Gasteiger partial charge in [-0.3, -0.25) is 4.79 Å².